The number of alkyl halides is 3. The quantitative estimate of drug-likeness (QED) is 0.394. The van der Waals surface area contributed by atoms with E-state index >= 15 is 0 Å². The summed E-state index contributed by atoms with van der Waals surface area (Å²) in [5, 5.41) is 9.61. The molecule has 12 heteroatoms. The molecule has 0 saturated heterocycles. The van der Waals surface area contributed by atoms with Crippen LogP contribution in [0.15, 0.2) is 42.5 Å². The minimum absolute atomic E-state index is 0.00634. The summed E-state index contributed by atoms with van der Waals surface area (Å²) in [5.41, 5.74) is 0.488. The van der Waals surface area contributed by atoms with Gasteiger partial charge in [0, 0.05) is 11.6 Å². The molecule has 0 aliphatic heterocycles. The number of aromatic amines is 1. The molecule has 8 nitrogen and oxygen atoms in total. The molecule has 2 heterocycles. The van der Waals surface area contributed by atoms with Crippen molar-refractivity contribution >= 4 is 27.3 Å². The van der Waals surface area contributed by atoms with Gasteiger partial charge in [0.15, 0.2) is 5.82 Å². The van der Waals surface area contributed by atoms with Crippen molar-refractivity contribution in [3.8, 4) is 17.0 Å². The molecule has 3 rings (SSSR count). The molecular formula is C21H24F3N5O3S. The first kappa shape index (κ1) is 24.4. The van der Waals surface area contributed by atoms with Crippen LogP contribution in [-0.4, -0.2) is 36.0 Å². The van der Waals surface area contributed by atoms with Gasteiger partial charge in [-0.2, -0.15) is 18.3 Å². The van der Waals surface area contributed by atoms with Crippen molar-refractivity contribution in [2.45, 2.75) is 26.9 Å². The summed E-state index contributed by atoms with van der Waals surface area (Å²) in [7, 11) is -3.50. The van der Waals surface area contributed by atoms with Crippen LogP contribution in [-0.2, 0) is 16.2 Å². The van der Waals surface area contributed by atoms with E-state index in [4.69, 9.17) is 4.74 Å². The van der Waals surface area contributed by atoms with Gasteiger partial charge in [0.1, 0.15) is 17.3 Å². The summed E-state index contributed by atoms with van der Waals surface area (Å²) in [5.74, 6) is 0.733. The molecule has 2 aromatic heterocycles. The number of anilines is 3. The number of hydrogen-bond donors (Lipinski definition) is 3. The topological polar surface area (TPSA) is 109 Å². The van der Waals surface area contributed by atoms with Crippen molar-refractivity contribution in [3.05, 3.63) is 48.2 Å². The fourth-order valence-corrected chi connectivity index (χ4v) is 3.36. The maximum atomic E-state index is 12.9. The minimum atomic E-state index is -4.55. The van der Waals surface area contributed by atoms with Crippen LogP contribution in [0.2, 0.25) is 0 Å². The third-order valence-electron chi connectivity index (χ3n) is 4.38. The smallest absolute Gasteiger partial charge is 0.433 e. The standard InChI is InChI=1S/C21H24F3N5O3S/c1-4-33(30,31)29-15-9-8-14(10-17(15)32-12-13(2)3)16-11-20(28-27-16)26-19-7-5-6-18(25-19)21(22,23)24/h5-11,13,29H,4,12H2,1-3H3,(H2,25,26,27,28). The highest BCUT2D eigenvalue weighted by Crippen LogP contribution is 2.33. The lowest BCUT2D eigenvalue weighted by molar-refractivity contribution is -0.141. The second kappa shape index (κ2) is 9.69. The number of ether oxygens (including phenoxy) is 1. The van der Waals surface area contributed by atoms with Crippen LogP contribution < -0.4 is 14.8 Å². The molecule has 0 spiro atoms. The number of H-pyrrole nitrogens is 1. The fourth-order valence-electron chi connectivity index (χ4n) is 2.72. The lowest BCUT2D eigenvalue weighted by atomic mass is 10.1. The molecule has 0 aliphatic carbocycles. The summed E-state index contributed by atoms with van der Waals surface area (Å²) < 4.78 is 70.9. The van der Waals surface area contributed by atoms with Crippen LogP contribution in [0.4, 0.5) is 30.5 Å². The summed E-state index contributed by atoms with van der Waals surface area (Å²) >= 11 is 0. The molecule has 0 amide bonds. The number of pyridine rings is 1. The average Bonchev–Trinajstić information content (AvgIpc) is 3.20. The van der Waals surface area contributed by atoms with Crippen molar-refractivity contribution in [2.24, 2.45) is 5.92 Å². The van der Waals surface area contributed by atoms with Crippen LogP contribution in [0.25, 0.3) is 11.3 Å². The number of sulfonamides is 1. The summed E-state index contributed by atoms with van der Waals surface area (Å²) in [6.07, 6.45) is -4.55. The number of halogens is 3. The van der Waals surface area contributed by atoms with Crippen LogP contribution >= 0.6 is 0 Å². The highest BCUT2D eigenvalue weighted by atomic mass is 32.2. The third kappa shape index (κ3) is 6.60. The summed E-state index contributed by atoms with van der Waals surface area (Å²) in [4.78, 5) is 3.55. The number of benzene rings is 1. The normalized spacial score (nSPS) is 12.1. The van der Waals surface area contributed by atoms with Crippen LogP contribution in [0, 0.1) is 5.92 Å². The zero-order valence-electron chi connectivity index (χ0n) is 18.2. The van der Waals surface area contributed by atoms with E-state index in [1.54, 1.807) is 24.3 Å². The SMILES string of the molecule is CCS(=O)(=O)Nc1ccc(-c2cc(Nc3cccc(C(F)(F)F)n3)n[nH]2)cc1OCC(C)C. The van der Waals surface area contributed by atoms with Crippen molar-refractivity contribution in [1.29, 1.82) is 0 Å². The first-order valence-corrected chi connectivity index (χ1v) is 11.8. The van der Waals surface area contributed by atoms with E-state index < -0.39 is 21.9 Å². The minimum Gasteiger partial charge on any atom is -0.491 e. The first-order valence-electron chi connectivity index (χ1n) is 10.1. The molecule has 0 unspecified atom stereocenters. The van der Waals surface area contributed by atoms with E-state index in [0.717, 1.165) is 6.07 Å². The monoisotopic (exact) mass is 483 g/mol. The van der Waals surface area contributed by atoms with E-state index in [0.29, 0.717) is 29.3 Å². The van der Waals surface area contributed by atoms with Gasteiger partial charge in [0.05, 0.1) is 23.7 Å². The van der Waals surface area contributed by atoms with E-state index in [9.17, 15) is 21.6 Å². The summed E-state index contributed by atoms with van der Waals surface area (Å²) in [6.45, 7) is 5.84. The first-order chi connectivity index (χ1) is 15.5. The Bertz CT molecular complexity index is 1210. The molecule has 0 bridgehead atoms. The fraction of sp³-hybridized carbons (Fsp3) is 0.333. The molecule has 3 N–H and O–H groups in total. The van der Waals surface area contributed by atoms with Gasteiger partial charge in [0.2, 0.25) is 10.0 Å². The second-order valence-corrected chi connectivity index (χ2v) is 9.63. The molecule has 0 radical (unpaired) electrons. The zero-order chi connectivity index (χ0) is 24.2. The lowest BCUT2D eigenvalue weighted by Gasteiger charge is -2.15. The maximum absolute atomic E-state index is 12.9. The second-order valence-electron chi connectivity index (χ2n) is 7.62. The van der Waals surface area contributed by atoms with Crippen LogP contribution in [0.3, 0.4) is 0 Å². The predicted octanol–water partition coefficient (Wildman–Crippen LogP) is 5.03. The summed E-state index contributed by atoms with van der Waals surface area (Å²) in [6, 6.07) is 10.1. The molecule has 0 aliphatic rings. The van der Waals surface area contributed by atoms with E-state index in [-0.39, 0.29) is 23.3 Å². The molecule has 1 aromatic carbocycles. The Labute approximate surface area is 189 Å². The van der Waals surface area contributed by atoms with Gasteiger partial charge in [-0.05, 0) is 37.1 Å². The molecule has 178 valence electrons. The van der Waals surface area contributed by atoms with Gasteiger partial charge in [-0.3, -0.25) is 9.82 Å². The van der Waals surface area contributed by atoms with E-state index in [2.05, 4.69) is 25.2 Å². The van der Waals surface area contributed by atoms with Crippen molar-refractivity contribution in [1.82, 2.24) is 15.2 Å². The molecule has 0 atom stereocenters. The number of nitrogens with zero attached hydrogens (tertiary/aromatic N) is 2. The average molecular weight is 484 g/mol. The van der Waals surface area contributed by atoms with Gasteiger partial charge >= 0.3 is 6.18 Å². The molecule has 0 saturated carbocycles. The van der Waals surface area contributed by atoms with Gasteiger partial charge < -0.3 is 10.1 Å². The van der Waals surface area contributed by atoms with Crippen molar-refractivity contribution in [2.75, 3.05) is 22.4 Å². The van der Waals surface area contributed by atoms with Gasteiger partial charge in [-0.1, -0.05) is 26.0 Å². The number of rotatable bonds is 9. The lowest BCUT2D eigenvalue weighted by Crippen LogP contribution is -2.16. The van der Waals surface area contributed by atoms with Gasteiger partial charge in [0.25, 0.3) is 0 Å². The Balaban J connectivity index is 1.86. The Morgan fingerprint density at radius 1 is 1.12 bits per heavy atom. The molecule has 3 aromatic rings. The predicted molar refractivity (Wildman–Crippen MR) is 120 cm³/mol. The zero-order valence-corrected chi connectivity index (χ0v) is 19.0. The van der Waals surface area contributed by atoms with Gasteiger partial charge in [-0.15, -0.1) is 0 Å². The van der Waals surface area contributed by atoms with Crippen molar-refractivity contribution < 1.29 is 26.3 Å². The Morgan fingerprint density at radius 2 is 1.88 bits per heavy atom. The van der Waals surface area contributed by atoms with E-state index in [1.165, 1.54) is 19.1 Å². The molecule has 33 heavy (non-hydrogen) atoms. The van der Waals surface area contributed by atoms with Crippen molar-refractivity contribution in [3.63, 3.8) is 0 Å². The third-order valence-corrected chi connectivity index (χ3v) is 5.67. The number of hydrogen-bond acceptors (Lipinski definition) is 6. The molecular weight excluding hydrogens is 459 g/mol. The van der Waals surface area contributed by atoms with E-state index in [1.807, 2.05) is 13.8 Å². The van der Waals surface area contributed by atoms with Crippen LogP contribution in [0.1, 0.15) is 26.5 Å². The van der Waals surface area contributed by atoms with Gasteiger partial charge in [-0.25, -0.2) is 13.4 Å². The largest absolute Gasteiger partial charge is 0.491 e. The van der Waals surface area contributed by atoms with Crippen LogP contribution in [0.5, 0.6) is 5.75 Å². The highest BCUT2D eigenvalue weighted by molar-refractivity contribution is 7.92. The number of nitrogens with one attached hydrogen (secondary N) is 3. The maximum Gasteiger partial charge on any atom is 0.433 e. The number of aromatic nitrogens is 3. The Morgan fingerprint density at radius 3 is 2.55 bits per heavy atom. The Hall–Kier alpha value is -3.28. The molecule has 0 fully saturated rings. The Kier molecular flexibility index (Phi) is 7.15. The highest BCUT2D eigenvalue weighted by Gasteiger charge is 2.32.